The van der Waals surface area contributed by atoms with Crippen molar-refractivity contribution in [3.05, 3.63) is 0 Å². The number of carbonyl (C=O) groups excluding carboxylic acids is 2. The molecule has 0 aromatic carbocycles. The largest absolute Gasteiger partial charge is 0.464 e. The molecule has 0 aromatic rings. The standard InChI is InChI=1S/C13H23NO3/c1-6-17-12(16)13(5,8(2)3)14-11(15)10-7-9(10)4/h8-10H,6-7H2,1-5H3,(H,14,15). The van der Waals surface area contributed by atoms with Crippen LogP contribution in [0.25, 0.3) is 0 Å². The number of hydrogen-bond donors (Lipinski definition) is 1. The molecule has 0 radical (unpaired) electrons. The zero-order valence-corrected chi connectivity index (χ0v) is 11.4. The highest BCUT2D eigenvalue weighted by molar-refractivity contribution is 5.90. The molecule has 1 saturated carbocycles. The first-order chi connectivity index (χ1) is 7.82. The molecule has 0 spiro atoms. The summed E-state index contributed by atoms with van der Waals surface area (Å²) in [5.74, 6) is 0.133. The Morgan fingerprint density at radius 1 is 1.47 bits per heavy atom. The summed E-state index contributed by atoms with van der Waals surface area (Å²) >= 11 is 0. The van der Waals surface area contributed by atoms with E-state index in [1.165, 1.54) is 0 Å². The van der Waals surface area contributed by atoms with Crippen molar-refractivity contribution in [3.8, 4) is 0 Å². The molecule has 1 N–H and O–H groups in total. The van der Waals surface area contributed by atoms with Gasteiger partial charge in [-0.05, 0) is 32.1 Å². The summed E-state index contributed by atoms with van der Waals surface area (Å²) in [5, 5.41) is 2.86. The molecular formula is C13H23NO3. The molecule has 1 aliphatic rings. The smallest absolute Gasteiger partial charge is 0.331 e. The molecule has 0 aromatic heterocycles. The Kier molecular flexibility index (Phi) is 4.17. The fourth-order valence-electron chi connectivity index (χ4n) is 1.75. The first-order valence-electron chi connectivity index (χ1n) is 6.32. The summed E-state index contributed by atoms with van der Waals surface area (Å²) in [6, 6.07) is 0. The number of hydrogen-bond acceptors (Lipinski definition) is 3. The molecule has 1 amide bonds. The van der Waals surface area contributed by atoms with Crippen molar-refractivity contribution in [3.63, 3.8) is 0 Å². The lowest BCUT2D eigenvalue weighted by Gasteiger charge is -2.32. The van der Waals surface area contributed by atoms with E-state index in [0.717, 1.165) is 6.42 Å². The Bertz CT molecular complexity index is 314. The molecular weight excluding hydrogens is 218 g/mol. The van der Waals surface area contributed by atoms with Gasteiger partial charge in [-0.2, -0.15) is 0 Å². The zero-order valence-electron chi connectivity index (χ0n) is 11.4. The summed E-state index contributed by atoms with van der Waals surface area (Å²) in [6.45, 7) is 9.70. The van der Waals surface area contributed by atoms with Crippen LogP contribution >= 0.6 is 0 Å². The van der Waals surface area contributed by atoms with Crippen LogP contribution in [0, 0.1) is 17.8 Å². The maximum atomic E-state index is 11.9. The molecule has 3 atom stereocenters. The van der Waals surface area contributed by atoms with Crippen LogP contribution < -0.4 is 5.32 Å². The van der Waals surface area contributed by atoms with Crippen molar-refractivity contribution < 1.29 is 14.3 Å². The minimum atomic E-state index is -0.921. The molecule has 98 valence electrons. The number of amides is 1. The van der Waals surface area contributed by atoms with E-state index in [1.54, 1.807) is 13.8 Å². The third kappa shape index (κ3) is 2.99. The second-order valence-electron chi connectivity index (χ2n) is 5.39. The number of ether oxygens (including phenoxy) is 1. The van der Waals surface area contributed by atoms with E-state index >= 15 is 0 Å². The minimum Gasteiger partial charge on any atom is -0.464 e. The van der Waals surface area contributed by atoms with Crippen molar-refractivity contribution in [1.29, 1.82) is 0 Å². The van der Waals surface area contributed by atoms with Gasteiger partial charge < -0.3 is 10.1 Å². The van der Waals surface area contributed by atoms with Crippen molar-refractivity contribution >= 4 is 11.9 Å². The number of nitrogens with one attached hydrogen (secondary N) is 1. The van der Waals surface area contributed by atoms with Gasteiger partial charge in [-0.3, -0.25) is 4.79 Å². The van der Waals surface area contributed by atoms with E-state index in [2.05, 4.69) is 5.32 Å². The van der Waals surface area contributed by atoms with Crippen LogP contribution in [0.4, 0.5) is 0 Å². The van der Waals surface area contributed by atoms with E-state index < -0.39 is 5.54 Å². The highest BCUT2D eigenvalue weighted by Crippen LogP contribution is 2.38. The van der Waals surface area contributed by atoms with E-state index in [1.807, 2.05) is 20.8 Å². The highest BCUT2D eigenvalue weighted by atomic mass is 16.5. The van der Waals surface area contributed by atoms with Crippen molar-refractivity contribution in [2.75, 3.05) is 6.61 Å². The van der Waals surface area contributed by atoms with Crippen LogP contribution in [0.15, 0.2) is 0 Å². The van der Waals surface area contributed by atoms with Gasteiger partial charge >= 0.3 is 5.97 Å². The van der Waals surface area contributed by atoms with Gasteiger partial charge in [0.1, 0.15) is 5.54 Å². The van der Waals surface area contributed by atoms with Gasteiger partial charge in [0.2, 0.25) is 5.91 Å². The van der Waals surface area contributed by atoms with E-state index in [-0.39, 0.29) is 23.7 Å². The Balaban J connectivity index is 2.71. The lowest BCUT2D eigenvalue weighted by molar-refractivity contribution is -0.155. The number of esters is 1. The number of carbonyl (C=O) groups is 2. The predicted octanol–water partition coefficient (Wildman–Crippen LogP) is 1.74. The van der Waals surface area contributed by atoms with Gasteiger partial charge in [-0.1, -0.05) is 20.8 Å². The monoisotopic (exact) mass is 241 g/mol. The molecule has 17 heavy (non-hydrogen) atoms. The Labute approximate surface area is 103 Å². The third-order valence-electron chi connectivity index (χ3n) is 3.68. The third-order valence-corrected chi connectivity index (χ3v) is 3.68. The maximum absolute atomic E-state index is 11.9. The van der Waals surface area contributed by atoms with Crippen molar-refractivity contribution in [1.82, 2.24) is 5.32 Å². The van der Waals surface area contributed by atoms with Crippen LogP contribution in [-0.2, 0) is 14.3 Å². The summed E-state index contributed by atoms with van der Waals surface area (Å²) in [7, 11) is 0. The number of rotatable bonds is 5. The molecule has 1 fully saturated rings. The summed E-state index contributed by atoms with van der Waals surface area (Å²) < 4.78 is 5.04. The van der Waals surface area contributed by atoms with Gasteiger partial charge in [0, 0.05) is 5.92 Å². The van der Waals surface area contributed by atoms with Crippen LogP contribution in [-0.4, -0.2) is 24.0 Å². The SMILES string of the molecule is CCOC(=O)C(C)(NC(=O)C1CC1C)C(C)C. The van der Waals surface area contributed by atoms with Crippen molar-refractivity contribution in [2.45, 2.75) is 46.6 Å². The molecule has 0 saturated heterocycles. The van der Waals surface area contributed by atoms with Crippen LogP contribution in [0.1, 0.15) is 41.0 Å². The van der Waals surface area contributed by atoms with Gasteiger partial charge in [0.25, 0.3) is 0 Å². The predicted molar refractivity (Wildman–Crippen MR) is 65.3 cm³/mol. The Morgan fingerprint density at radius 2 is 2.00 bits per heavy atom. The lowest BCUT2D eigenvalue weighted by Crippen LogP contribution is -2.57. The average Bonchev–Trinajstić information content (AvgIpc) is 2.95. The lowest BCUT2D eigenvalue weighted by atomic mass is 9.88. The molecule has 4 nitrogen and oxygen atoms in total. The first-order valence-corrected chi connectivity index (χ1v) is 6.32. The van der Waals surface area contributed by atoms with Gasteiger partial charge in [-0.15, -0.1) is 0 Å². The van der Waals surface area contributed by atoms with E-state index in [4.69, 9.17) is 4.74 Å². The van der Waals surface area contributed by atoms with Gasteiger partial charge in [0.15, 0.2) is 0 Å². The second kappa shape index (κ2) is 5.07. The van der Waals surface area contributed by atoms with E-state index in [9.17, 15) is 9.59 Å². The normalized spacial score (nSPS) is 26.2. The Morgan fingerprint density at radius 3 is 2.35 bits per heavy atom. The zero-order chi connectivity index (χ0) is 13.2. The van der Waals surface area contributed by atoms with Crippen LogP contribution in [0.5, 0.6) is 0 Å². The van der Waals surface area contributed by atoms with Crippen LogP contribution in [0.2, 0.25) is 0 Å². The molecule has 0 heterocycles. The molecule has 1 aliphatic carbocycles. The van der Waals surface area contributed by atoms with Crippen LogP contribution in [0.3, 0.4) is 0 Å². The summed E-state index contributed by atoms with van der Waals surface area (Å²) in [5.41, 5.74) is -0.921. The molecule has 3 unspecified atom stereocenters. The van der Waals surface area contributed by atoms with Gasteiger partial charge in [0.05, 0.1) is 6.61 Å². The molecule has 0 aliphatic heterocycles. The summed E-state index contributed by atoms with van der Waals surface area (Å²) in [4.78, 5) is 23.9. The topological polar surface area (TPSA) is 55.4 Å². The Hall–Kier alpha value is -1.06. The van der Waals surface area contributed by atoms with E-state index in [0.29, 0.717) is 12.5 Å². The molecule has 1 rings (SSSR count). The molecule has 0 bridgehead atoms. The van der Waals surface area contributed by atoms with Gasteiger partial charge in [-0.25, -0.2) is 4.79 Å². The highest BCUT2D eigenvalue weighted by Gasteiger charge is 2.45. The first kappa shape index (κ1) is 14.0. The second-order valence-corrected chi connectivity index (χ2v) is 5.39. The fourth-order valence-corrected chi connectivity index (χ4v) is 1.75. The fraction of sp³-hybridized carbons (Fsp3) is 0.846. The maximum Gasteiger partial charge on any atom is 0.331 e. The van der Waals surface area contributed by atoms with Crippen molar-refractivity contribution in [2.24, 2.45) is 17.8 Å². The average molecular weight is 241 g/mol. The minimum absolute atomic E-state index is 0.000411. The quantitative estimate of drug-likeness (QED) is 0.746. The molecule has 4 heteroatoms. The summed E-state index contributed by atoms with van der Waals surface area (Å²) in [6.07, 6.45) is 0.919.